The van der Waals surface area contributed by atoms with Crippen molar-refractivity contribution in [3.63, 3.8) is 0 Å². The molecule has 8 nitrogen and oxygen atoms in total. The van der Waals surface area contributed by atoms with Crippen molar-refractivity contribution in [1.29, 1.82) is 0 Å². The lowest BCUT2D eigenvalue weighted by molar-refractivity contribution is 0.0952. The number of nitrogens with zero attached hydrogens (tertiary/aromatic N) is 3. The summed E-state index contributed by atoms with van der Waals surface area (Å²) in [7, 11) is 1.31. The summed E-state index contributed by atoms with van der Waals surface area (Å²) >= 11 is 0. The molecule has 2 aromatic heterocycles. The van der Waals surface area contributed by atoms with Crippen LogP contribution in [0.5, 0.6) is 0 Å². The standard InChI is InChI=1S/C26H27N5O3/c1-16(2)31-24-22(15-28-31)21(13-23(30-24)19-9-5-17(3)6-10-19)25(32)27-14-18-7-11-20(12-8-18)29-26(33)34-4/h5-13,15-16H,14H2,1-4H3,(H,27,32)(H,29,33). The Bertz CT molecular complexity index is 1330. The van der Waals surface area contributed by atoms with E-state index in [-0.39, 0.29) is 11.9 Å². The molecule has 0 aliphatic rings. The van der Waals surface area contributed by atoms with Crippen LogP contribution < -0.4 is 10.6 Å². The molecule has 2 aromatic carbocycles. The van der Waals surface area contributed by atoms with Gasteiger partial charge in [-0.3, -0.25) is 10.1 Å². The molecule has 0 unspecified atom stereocenters. The minimum Gasteiger partial charge on any atom is -0.453 e. The van der Waals surface area contributed by atoms with Gasteiger partial charge in [-0.15, -0.1) is 0 Å². The van der Waals surface area contributed by atoms with Gasteiger partial charge in [-0.1, -0.05) is 42.0 Å². The fourth-order valence-electron chi connectivity index (χ4n) is 3.61. The second-order valence-electron chi connectivity index (χ2n) is 8.34. The van der Waals surface area contributed by atoms with Gasteiger partial charge < -0.3 is 10.1 Å². The number of aromatic nitrogens is 3. The maximum atomic E-state index is 13.3. The van der Waals surface area contributed by atoms with E-state index in [0.717, 1.165) is 22.4 Å². The van der Waals surface area contributed by atoms with E-state index in [2.05, 4.69) is 20.5 Å². The lowest BCUT2D eigenvalue weighted by atomic mass is 10.0. The molecule has 0 aliphatic heterocycles. The molecule has 2 amide bonds. The number of hydrogen-bond donors (Lipinski definition) is 2. The molecule has 8 heteroatoms. The first-order valence-corrected chi connectivity index (χ1v) is 11.0. The van der Waals surface area contributed by atoms with Gasteiger partial charge in [0, 0.05) is 23.8 Å². The van der Waals surface area contributed by atoms with Crippen molar-refractivity contribution in [2.24, 2.45) is 0 Å². The number of amides is 2. The van der Waals surface area contributed by atoms with Crippen LogP contribution in [0.15, 0.2) is 60.8 Å². The molecular formula is C26H27N5O3. The summed E-state index contributed by atoms with van der Waals surface area (Å²) < 4.78 is 6.42. The number of methoxy groups -OCH3 is 1. The summed E-state index contributed by atoms with van der Waals surface area (Å²) in [5, 5.41) is 10.8. The monoisotopic (exact) mass is 457 g/mol. The summed E-state index contributed by atoms with van der Waals surface area (Å²) in [5.41, 5.74) is 5.52. The third kappa shape index (κ3) is 4.91. The third-order valence-electron chi connectivity index (χ3n) is 5.49. The second-order valence-corrected chi connectivity index (χ2v) is 8.34. The molecule has 0 aliphatic carbocycles. The van der Waals surface area contributed by atoms with E-state index in [1.807, 2.05) is 67.9 Å². The van der Waals surface area contributed by atoms with Crippen LogP contribution in [0.3, 0.4) is 0 Å². The molecule has 0 spiro atoms. The molecule has 0 radical (unpaired) electrons. The Morgan fingerprint density at radius 1 is 1.06 bits per heavy atom. The number of carbonyl (C=O) groups excluding carboxylic acids is 2. The van der Waals surface area contributed by atoms with Crippen molar-refractivity contribution in [1.82, 2.24) is 20.1 Å². The number of fused-ring (bicyclic) bond motifs is 1. The van der Waals surface area contributed by atoms with Crippen molar-refractivity contribution in [3.8, 4) is 11.3 Å². The van der Waals surface area contributed by atoms with Crippen LogP contribution in [0.25, 0.3) is 22.3 Å². The molecule has 174 valence electrons. The second kappa shape index (κ2) is 9.74. The lowest BCUT2D eigenvalue weighted by Crippen LogP contribution is -2.23. The molecule has 34 heavy (non-hydrogen) atoms. The molecule has 0 atom stereocenters. The first kappa shape index (κ1) is 23.0. The average molecular weight is 458 g/mol. The summed E-state index contributed by atoms with van der Waals surface area (Å²) in [5.74, 6) is -0.208. The van der Waals surface area contributed by atoms with E-state index in [1.54, 1.807) is 18.3 Å². The number of hydrogen-bond acceptors (Lipinski definition) is 5. The predicted molar refractivity (Wildman–Crippen MR) is 132 cm³/mol. The zero-order valence-electron chi connectivity index (χ0n) is 19.6. The maximum absolute atomic E-state index is 13.3. The fourth-order valence-corrected chi connectivity index (χ4v) is 3.61. The Labute approximate surface area is 198 Å². The molecule has 4 aromatic rings. The first-order chi connectivity index (χ1) is 16.4. The van der Waals surface area contributed by atoms with E-state index < -0.39 is 6.09 Å². The Hall–Kier alpha value is -4.20. The highest BCUT2D eigenvalue weighted by atomic mass is 16.5. The number of aryl methyl sites for hydroxylation is 1. The Morgan fingerprint density at radius 3 is 2.41 bits per heavy atom. The number of rotatable bonds is 6. The number of nitrogens with one attached hydrogen (secondary N) is 2. The van der Waals surface area contributed by atoms with E-state index in [9.17, 15) is 9.59 Å². The Kier molecular flexibility index (Phi) is 6.58. The van der Waals surface area contributed by atoms with Crippen LogP contribution in [-0.2, 0) is 11.3 Å². The van der Waals surface area contributed by atoms with Gasteiger partial charge in [-0.2, -0.15) is 5.10 Å². The number of pyridine rings is 1. The van der Waals surface area contributed by atoms with Crippen LogP contribution >= 0.6 is 0 Å². The normalized spacial score (nSPS) is 11.0. The number of benzene rings is 2. The van der Waals surface area contributed by atoms with Gasteiger partial charge >= 0.3 is 6.09 Å². The zero-order valence-corrected chi connectivity index (χ0v) is 19.6. The van der Waals surface area contributed by atoms with Gasteiger partial charge in [0.25, 0.3) is 5.91 Å². The molecule has 0 saturated heterocycles. The van der Waals surface area contributed by atoms with Crippen LogP contribution in [-0.4, -0.2) is 33.9 Å². The highest BCUT2D eigenvalue weighted by Crippen LogP contribution is 2.26. The molecule has 0 fully saturated rings. The summed E-state index contributed by atoms with van der Waals surface area (Å²) in [4.78, 5) is 29.4. The minimum absolute atomic E-state index is 0.103. The highest BCUT2D eigenvalue weighted by Gasteiger charge is 2.18. The van der Waals surface area contributed by atoms with Crippen LogP contribution in [0.1, 0.15) is 41.4 Å². The molecule has 0 bridgehead atoms. The average Bonchev–Trinajstić information content (AvgIpc) is 3.27. The largest absolute Gasteiger partial charge is 0.453 e. The van der Waals surface area contributed by atoms with Gasteiger partial charge in [-0.05, 0) is 44.5 Å². The van der Waals surface area contributed by atoms with E-state index in [1.165, 1.54) is 7.11 Å². The van der Waals surface area contributed by atoms with Gasteiger partial charge in [-0.25, -0.2) is 14.5 Å². The number of anilines is 1. The third-order valence-corrected chi connectivity index (χ3v) is 5.49. The molecule has 4 rings (SSSR count). The van der Waals surface area contributed by atoms with Crippen LogP contribution in [0.4, 0.5) is 10.5 Å². The topological polar surface area (TPSA) is 98.1 Å². The molecule has 2 heterocycles. The van der Waals surface area contributed by atoms with E-state index in [4.69, 9.17) is 4.98 Å². The van der Waals surface area contributed by atoms with Gasteiger partial charge in [0.15, 0.2) is 5.65 Å². The van der Waals surface area contributed by atoms with Gasteiger partial charge in [0.1, 0.15) is 0 Å². The highest BCUT2D eigenvalue weighted by molar-refractivity contribution is 6.06. The van der Waals surface area contributed by atoms with E-state index in [0.29, 0.717) is 28.8 Å². The van der Waals surface area contributed by atoms with Crippen LogP contribution in [0, 0.1) is 6.92 Å². The van der Waals surface area contributed by atoms with Crippen molar-refractivity contribution >= 4 is 28.7 Å². The predicted octanol–water partition coefficient (Wildman–Crippen LogP) is 5.10. The molecule has 0 saturated carbocycles. The maximum Gasteiger partial charge on any atom is 0.411 e. The Balaban J connectivity index is 1.61. The lowest BCUT2D eigenvalue weighted by Gasteiger charge is -2.12. The Morgan fingerprint density at radius 2 is 1.76 bits per heavy atom. The van der Waals surface area contributed by atoms with Crippen LogP contribution in [0.2, 0.25) is 0 Å². The minimum atomic E-state index is -0.533. The quantitative estimate of drug-likeness (QED) is 0.420. The molecular weight excluding hydrogens is 430 g/mol. The van der Waals surface area contributed by atoms with Crippen molar-refractivity contribution in [2.45, 2.75) is 33.4 Å². The first-order valence-electron chi connectivity index (χ1n) is 11.0. The fraction of sp³-hybridized carbons (Fsp3) is 0.231. The number of carbonyl (C=O) groups is 2. The van der Waals surface area contributed by atoms with E-state index >= 15 is 0 Å². The van der Waals surface area contributed by atoms with Crippen molar-refractivity contribution < 1.29 is 14.3 Å². The summed E-state index contributed by atoms with van der Waals surface area (Å²) in [6.45, 7) is 6.43. The van der Waals surface area contributed by atoms with Gasteiger partial charge in [0.05, 0.1) is 30.0 Å². The zero-order chi connectivity index (χ0) is 24.2. The summed E-state index contributed by atoms with van der Waals surface area (Å²) in [6.07, 6.45) is 1.16. The van der Waals surface area contributed by atoms with Crippen molar-refractivity contribution in [3.05, 3.63) is 77.5 Å². The smallest absolute Gasteiger partial charge is 0.411 e. The van der Waals surface area contributed by atoms with Crippen molar-refractivity contribution in [2.75, 3.05) is 12.4 Å². The number of ether oxygens (including phenoxy) is 1. The molecule has 2 N–H and O–H groups in total. The summed E-state index contributed by atoms with van der Waals surface area (Å²) in [6, 6.07) is 17.2. The SMILES string of the molecule is COC(=O)Nc1ccc(CNC(=O)c2cc(-c3ccc(C)cc3)nc3c2cnn3C(C)C)cc1. The van der Waals surface area contributed by atoms with Gasteiger partial charge in [0.2, 0.25) is 0 Å².